The van der Waals surface area contributed by atoms with Gasteiger partial charge in [0.1, 0.15) is 16.6 Å². The van der Waals surface area contributed by atoms with Crippen LogP contribution in [-0.2, 0) is 0 Å². The van der Waals surface area contributed by atoms with Crippen LogP contribution < -0.4 is 9.64 Å². The number of rotatable bonds is 5. The van der Waals surface area contributed by atoms with Gasteiger partial charge in [-0.25, -0.2) is 4.98 Å². The van der Waals surface area contributed by atoms with Crippen LogP contribution in [0, 0.1) is 17.2 Å². The van der Waals surface area contributed by atoms with E-state index < -0.39 is 0 Å². The van der Waals surface area contributed by atoms with Gasteiger partial charge in [-0.15, -0.1) is 10.2 Å². The van der Waals surface area contributed by atoms with Crippen LogP contribution in [0.2, 0.25) is 0 Å². The van der Waals surface area contributed by atoms with Gasteiger partial charge in [0.25, 0.3) is 0 Å². The van der Waals surface area contributed by atoms with Crippen LogP contribution in [0.25, 0.3) is 0 Å². The normalized spacial score (nSPS) is 18.4. The van der Waals surface area contributed by atoms with E-state index in [2.05, 4.69) is 26.2 Å². The molecule has 0 bridgehead atoms. The largest absolute Gasteiger partial charge is 0.476 e. The van der Waals surface area contributed by atoms with Gasteiger partial charge in [-0.2, -0.15) is 5.26 Å². The standard InChI is InChI=1S/C17H19N5OS/c18-10-14-2-1-7-19-15(14)23-11-12-5-8-22(9-6-12)17-21-20-16(24-17)13-3-4-13/h1-2,7,12-13H,3-6,8-9,11H2. The van der Waals surface area contributed by atoms with Gasteiger partial charge in [0.05, 0.1) is 6.61 Å². The molecule has 24 heavy (non-hydrogen) atoms. The lowest BCUT2D eigenvalue weighted by Crippen LogP contribution is -2.35. The van der Waals surface area contributed by atoms with Crippen LogP contribution in [-0.4, -0.2) is 34.9 Å². The summed E-state index contributed by atoms with van der Waals surface area (Å²) in [6.07, 6.45) is 6.32. The lowest BCUT2D eigenvalue weighted by molar-refractivity contribution is 0.215. The first kappa shape index (κ1) is 15.3. The van der Waals surface area contributed by atoms with Gasteiger partial charge in [0.2, 0.25) is 11.0 Å². The molecule has 6 nitrogen and oxygen atoms in total. The lowest BCUT2D eigenvalue weighted by Gasteiger charge is -2.31. The fraction of sp³-hybridized carbons (Fsp3) is 0.529. The molecule has 1 aliphatic carbocycles. The zero-order valence-electron chi connectivity index (χ0n) is 13.4. The topological polar surface area (TPSA) is 74.9 Å². The highest BCUT2D eigenvalue weighted by molar-refractivity contribution is 7.15. The predicted molar refractivity (Wildman–Crippen MR) is 91.3 cm³/mol. The molecule has 1 saturated heterocycles. The number of nitrogens with zero attached hydrogens (tertiary/aromatic N) is 5. The minimum atomic E-state index is 0.445. The summed E-state index contributed by atoms with van der Waals surface area (Å²) in [4.78, 5) is 6.48. The molecule has 2 aromatic heterocycles. The van der Waals surface area contributed by atoms with Crippen molar-refractivity contribution in [1.82, 2.24) is 15.2 Å². The Kier molecular flexibility index (Phi) is 4.30. The summed E-state index contributed by atoms with van der Waals surface area (Å²) in [7, 11) is 0. The van der Waals surface area contributed by atoms with Gasteiger partial charge in [0.15, 0.2) is 0 Å². The summed E-state index contributed by atoms with van der Waals surface area (Å²) in [6.45, 7) is 2.59. The van der Waals surface area contributed by atoms with Crippen molar-refractivity contribution in [2.75, 3.05) is 24.6 Å². The second kappa shape index (κ2) is 6.73. The zero-order valence-corrected chi connectivity index (χ0v) is 14.2. The molecule has 0 atom stereocenters. The third-order valence-electron chi connectivity index (χ3n) is 4.59. The highest BCUT2D eigenvalue weighted by Crippen LogP contribution is 2.42. The predicted octanol–water partition coefficient (Wildman–Crippen LogP) is 2.98. The molecule has 0 aromatic carbocycles. The summed E-state index contributed by atoms with van der Waals surface area (Å²) >= 11 is 1.75. The molecule has 4 rings (SSSR count). The van der Waals surface area contributed by atoms with Crippen LogP contribution in [0.15, 0.2) is 18.3 Å². The van der Waals surface area contributed by atoms with Crippen molar-refractivity contribution in [3.05, 3.63) is 28.9 Å². The molecule has 0 radical (unpaired) electrons. The third kappa shape index (κ3) is 3.34. The van der Waals surface area contributed by atoms with Gasteiger partial charge in [-0.05, 0) is 43.7 Å². The molecule has 0 unspecified atom stereocenters. The molecular formula is C17H19N5OS. The van der Waals surface area contributed by atoms with Crippen LogP contribution in [0.4, 0.5) is 5.13 Å². The van der Waals surface area contributed by atoms with Crippen molar-refractivity contribution in [3.63, 3.8) is 0 Å². The quantitative estimate of drug-likeness (QED) is 0.832. The van der Waals surface area contributed by atoms with E-state index in [1.807, 2.05) is 0 Å². The van der Waals surface area contributed by atoms with E-state index in [1.165, 1.54) is 17.8 Å². The lowest BCUT2D eigenvalue weighted by atomic mass is 9.98. The fourth-order valence-electron chi connectivity index (χ4n) is 2.93. The zero-order chi connectivity index (χ0) is 16.4. The number of pyridine rings is 1. The molecule has 3 heterocycles. The van der Waals surface area contributed by atoms with Crippen molar-refractivity contribution in [3.8, 4) is 11.9 Å². The number of anilines is 1. The highest BCUT2D eigenvalue weighted by Gasteiger charge is 2.29. The van der Waals surface area contributed by atoms with E-state index >= 15 is 0 Å². The average Bonchev–Trinajstić information content (AvgIpc) is 3.38. The molecule has 124 valence electrons. The van der Waals surface area contributed by atoms with Crippen molar-refractivity contribution in [2.45, 2.75) is 31.6 Å². The third-order valence-corrected chi connectivity index (χ3v) is 5.74. The minimum Gasteiger partial charge on any atom is -0.476 e. The number of hydrogen-bond acceptors (Lipinski definition) is 7. The Morgan fingerprint density at radius 2 is 2.08 bits per heavy atom. The van der Waals surface area contributed by atoms with E-state index in [4.69, 9.17) is 10.00 Å². The smallest absolute Gasteiger partial charge is 0.231 e. The van der Waals surface area contributed by atoms with Crippen LogP contribution >= 0.6 is 11.3 Å². The van der Waals surface area contributed by atoms with Crippen molar-refractivity contribution in [2.24, 2.45) is 5.92 Å². The first-order chi connectivity index (χ1) is 11.8. The molecule has 1 aliphatic heterocycles. The first-order valence-corrected chi connectivity index (χ1v) is 9.21. The average molecular weight is 341 g/mol. The Morgan fingerprint density at radius 3 is 2.83 bits per heavy atom. The van der Waals surface area contributed by atoms with Crippen LogP contribution in [0.5, 0.6) is 5.88 Å². The second-order valence-corrected chi connectivity index (χ2v) is 7.39. The van der Waals surface area contributed by atoms with E-state index in [9.17, 15) is 0 Å². The number of nitriles is 1. The number of hydrogen-bond donors (Lipinski definition) is 0. The van der Waals surface area contributed by atoms with E-state index in [1.54, 1.807) is 29.7 Å². The molecule has 0 amide bonds. The van der Waals surface area contributed by atoms with Crippen molar-refractivity contribution in [1.29, 1.82) is 5.26 Å². The van der Waals surface area contributed by atoms with E-state index in [0.29, 0.717) is 29.9 Å². The van der Waals surface area contributed by atoms with Gasteiger partial charge in [-0.3, -0.25) is 0 Å². The maximum absolute atomic E-state index is 9.07. The summed E-state index contributed by atoms with van der Waals surface area (Å²) < 4.78 is 5.77. The van der Waals surface area contributed by atoms with Crippen LogP contribution in [0.1, 0.15) is 42.2 Å². The molecule has 0 N–H and O–H groups in total. The summed E-state index contributed by atoms with van der Waals surface area (Å²) in [5.74, 6) is 1.61. The number of ether oxygens (including phenoxy) is 1. The molecule has 2 aromatic rings. The van der Waals surface area contributed by atoms with E-state index in [0.717, 1.165) is 31.1 Å². The van der Waals surface area contributed by atoms with Gasteiger partial charge in [-0.1, -0.05) is 11.3 Å². The van der Waals surface area contributed by atoms with Crippen molar-refractivity contribution < 1.29 is 4.74 Å². The number of aromatic nitrogens is 3. The Hall–Kier alpha value is -2.20. The first-order valence-electron chi connectivity index (χ1n) is 8.39. The molecular weight excluding hydrogens is 322 g/mol. The number of piperidine rings is 1. The Morgan fingerprint density at radius 1 is 1.25 bits per heavy atom. The van der Waals surface area contributed by atoms with Crippen molar-refractivity contribution >= 4 is 16.5 Å². The summed E-state index contributed by atoms with van der Waals surface area (Å²) in [5.41, 5.74) is 0.497. The van der Waals surface area contributed by atoms with Crippen LogP contribution in [0.3, 0.4) is 0 Å². The SMILES string of the molecule is N#Cc1cccnc1OCC1CCN(c2nnc(C3CC3)s2)CC1. The van der Waals surface area contributed by atoms with Gasteiger partial charge < -0.3 is 9.64 Å². The van der Waals surface area contributed by atoms with E-state index in [-0.39, 0.29) is 0 Å². The fourth-order valence-corrected chi connectivity index (χ4v) is 3.99. The molecule has 2 fully saturated rings. The highest BCUT2D eigenvalue weighted by atomic mass is 32.1. The summed E-state index contributed by atoms with van der Waals surface area (Å²) in [6, 6.07) is 5.60. The Bertz CT molecular complexity index is 743. The molecule has 1 saturated carbocycles. The molecule has 2 aliphatic rings. The molecule has 7 heteroatoms. The van der Waals surface area contributed by atoms with Gasteiger partial charge in [0, 0.05) is 25.2 Å². The Labute approximate surface area is 145 Å². The maximum Gasteiger partial charge on any atom is 0.231 e. The minimum absolute atomic E-state index is 0.445. The van der Waals surface area contributed by atoms with Gasteiger partial charge >= 0.3 is 0 Å². The second-order valence-electron chi connectivity index (χ2n) is 6.41. The maximum atomic E-state index is 9.07. The molecule has 0 spiro atoms. The monoisotopic (exact) mass is 341 g/mol. The Balaban J connectivity index is 1.29. The summed E-state index contributed by atoms with van der Waals surface area (Å²) in [5, 5.41) is 20.0.